The van der Waals surface area contributed by atoms with Crippen molar-refractivity contribution < 1.29 is 9.59 Å². The van der Waals surface area contributed by atoms with E-state index in [1.807, 2.05) is 12.1 Å². The van der Waals surface area contributed by atoms with E-state index < -0.39 is 0 Å². The summed E-state index contributed by atoms with van der Waals surface area (Å²) in [5.74, 6) is -0.423. The van der Waals surface area contributed by atoms with E-state index >= 15 is 0 Å². The van der Waals surface area contributed by atoms with Crippen LogP contribution < -0.4 is 10.6 Å². The molecule has 1 amide bonds. The van der Waals surface area contributed by atoms with Crippen LogP contribution in [0.4, 0.5) is 11.4 Å². The second-order valence-electron chi connectivity index (χ2n) is 3.26. The van der Waals surface area contributed by atoms with Gasteiger partial charge in [0.25, 0.3) is 0 Å². The van der Waals surface area contributed by atoms with Crippen molar-refractivity contribution >= 4 is 23.1 Å². The van der Waals surface area contributed by atoms with Crippen molar-refractivity contribution in [2.75, 3.05) is 17.7 Å². The number of hydrogen-bond acceptors (Lipinski definition) is 3. The number of benzene rings is 1. The molecule has 0 heterocycles. The highest BCUT2D eigenvalue weighted by atomic mass is 16.2. The molecule has 0 radical (unpaired) electrons. The summed E-state index contributed by atoms with van der Waals surface area (Å²) in [5.41, 5.74) is 1.60. The van der Waals surface area contributed by atoms with Crippen molar-refractivity contribution in [3.63, 3.8) is 0 Å². The van der Waals surface area contributed by atoms with E-state index in [1.165, 1.54) is 6.92 Å². The number of amides is 1. The SMILES string of the molecule is CNc1cccc(NC(=O)CC(C)=O)c1. The van der Waals surface area contributed by atoms with Gasteiger partial charge in [0.15, 0.2) is 0 Å². The molecule has 0 aliphatic heterocycles. The van der Waals surface area contributed by atoms with Gasteiger partial charge in [-0.3, -0.25) is 9.59 Å². The van der Waals surface area contributed by atoms with Crippen LogP contribution in [0.25, 0.3) is 0 Å². The van der Waals surface area contributed by atoms with E-state index in [1.54, 1.807) is 19.2 Å². The molecule has 0 spiro atoms. The summed E-state index contributed by atoms with van der Waals surface area (Å²) >= 11 is 0. The van der Waals surface area contributed by atoms with Crippen molar-refractivity contribution in [1.29, 1.82) is 0 Å². The number of rotatable bonds is 4. The summed E-state index contributed by atoms with van der Waals surface area (Å²) in [4.78, 5) is 22.0. The third-order valence-corrected chi connectivity index (χ3v) is 1.84. The van der Waals surface area contributed by atoms with Crippen molar-refractivity contribution in [3.05, 3.63) is 24.3 Å². The summed E-state index contributed by atoms with van der Waals surface area (Å²) in [7, 11) is 1.80. The van der Waals surface area contributed by atoms with Gasteiger partial charge in [0.05, 0.1) is 6.42 Å². The average molecular weight is 206 g/mol. The summed E-state index contributed by atoms with van der Waals surface area (Å²) in [6, 6.07) is 7.30. The standard InChI is InChI=1S/C11H14N2O2/c1-8(14)6-11(15)13-10-5-3-4-9(7-10)12-2/h3-5,7,12H,6H2,1-2H3,(H,13,15). The third-order valence-electron chi connectivity index (χ3n) is 1.84. The predicted molar refractivity (Wildman–Crippen MR) is 59.9 cm³/mol. The van der Waals surface area contributed by atoms with Gasteiger partial charge in [0, 0.05) is 18.4 Å². The molecule has 2 N–H and O–H groups in total. The highest BCUT2D eigenvalue weighted by molar-refractivity contribution is 6.03. The predicted octanol–water partition coefficient (Wildman–Crippen LogP) is 1.65. The maximum absolute atomic E-state index is 11.3. The van der Waals surface area contributed by atoms with Crippen LogP contribution in [-0.2, 0) is 9.59 Å². The molecule has 0 atom stereocenters. The van der Waals surface area contributed by atoms with E-state index in [0.717, 1.165) is 5.69 Å². The zero-order valence-electron chi connectivity index (χ0n) is 8.83. The van der Waals surface area contributed by atoms with Gasteiger partial charge in [-0.25, -0.2) is 0 Å². The van der Waals surface area contributed by atoms with Crippen molar-refractivity contribution in [2.45, 2.75) is 13.3 Å². The van der Waals surface area contributed by atoms with Crippen LogP contribution in [0.15, 0.2) is 24.3 Å². The van der Waals surface area contributed by atoms with Gasteiger partial charge in [-0.05, 0) is 25.1 Å². The van der Waals surface area contributed by atoms with E-state index in [-0.39, 0.29) is 18.1 Å². The quantitative estimate of drug-likeness (QED) is 0.736. The van der Waals surface area contributed by atoms with Gasteiger partial charge >= 0.3 is 0 Å². The molecule has 0 fully saturated rings. The van der Waals surface area contributed by atoms with E-state index in [2.05, 4.69) is 10.6 Å². The molecule has 1 aromatic carbocycles. The maximum Gasteiger partial charge on any atom is 0.231 e. The number of Topliss-reactive ketones (excluding diaryl/α,β-unsaturated/α-hetero) is 1. The summed E-state index contributed by atoms with van der Waals surface area (Å²) in [6.07, 6.45) is -0.0796. The average Bonchev–Trinajstić information content (AvgIpc) is 2.16. The number of ketones is 1. The molecule has 0 saturated carbocycles. The van der Waals surface area contributed by atoms with Gasteiger partial charge < -0.3 is 10.6 Å². The molecule has 4 heteroatoms. The first-order chi connectivity index (χ1) is 7.11. The van der Waals surface area contributed by atoms with Gasteiger partial charge in [-0.1, -0.05) is 6.07 Å². The van der Waals surface area contributed by atoms with Crippen molar-refractivity contribution in [2.24, 2.45) is 0 Å². The monoisotopic (exact) mass is 206 g/mol. The fourth-order valence-electron chi connectivity index (χ4n) is 1.18. The Morgan fingerprint density at radius 1 is 1.27 bits per heavy atom. The zero-order valence-corrected chi connectivity index (χ0v) is 8.83. The molecule has 4 nitrogen and oxygen atoms in total. The fourth-order valence-corrected chi connectivity index (χ4v) is 1.18. The lowest BCUT2D eigenvalue weighted by Crippen LogP contribution is -2.14. The van der Waals surface area contributed by atoms with Crippen LogP contribution in [0.5, 0.6) is 0 Å². The molecular weight excluding hydrogens is 192 g/mol. The minimum absolute atomic E-state index is 0.0796. The lowest BCUT2D eigenvalue weighted by atomic mass is 10.2. The minimum atomic E-state index is -0.282. The minimum Gasteiger partial charge on any atom is -0.388 e. The van der Waals surface area contributed by atoms with Crippen LogP contribution in [0.3, 0.4) is 0 Å². The molecule has 15 heavy (non-hydrogen) atoms. The van der Waals surface area contributed by atoms with Gasteiger partial charge in [-0.2, -0.15) is 0 Å². The highest BCUT2D eigenvalue weighted by Crippen LogP contribution is 2.14. The second-order valence-corrected chi connectivity index (χ2v) is 3.26. The maximum atomic E-state index is 11.3. The first-order valence-corrected chi connectivity index (χ1v) is 4.69. The zero-order chi connectivity index (χ0) is 11.3. The molecule has 1 rings (SSSR count). The topological polar surface area (TPSA) is 58.2 Å². The molecule has 0 aromatic heterocycles. The van der Waals surface area contributed by atoms with Crippen LogP contribution >= 0.6 is 0 Å². The van der Waals surface area contributed by atoms with Crippen LogP contribution in [0.2, 0.25) is 0 Å². The Hall–Kier alpha value is -1.84. The highest BCUT2D eigenvalue weighted by Gasteiger charge is 2.05. The lowest BCUT2D eigenvalue weighted by Gasteiger charge is -2.05. The van der Waals surface area contributed by atoms with Gasteiger partial charge in [0.1, 0.15) is 5.78 Å². The molecular formula is C11H14N2O2. The molecule has 0 unspecified atom stereocenters. The Morgan fingerprint density at radius 2 is 1.93 bits per heavy atom. The smallest absolute Gasteiger partial charge is 0.231 e. The van der Waals surface area contributed by atoms with Gasteiger partial charge in [-0.15, -0.1) is 0 Å². The third kappa shape index (κ3) is 3.81. The Bertz CT molecular complexity index is 375. The Labute approximate surface area is 88.7 Å². The van der Waals surface area contributed by atoms with Crippen molar-refractivity contribution in [3.8, 4) is 0 Å². The molecule has 80 valence electrons. The molecule has 0 saturated heterocycles. The number of anilines is 2. The van der Waals surface area contributed by atoms with Crippen LogP contribution in [0, 0.1) is 0 Å². The first-order valence-electron chi connectivity index (χ1n) is 4.69. The first kappa shape index (κ1) is 11.2. The summed E-state index contributed by atoms with van der Waals surface area (Å²) in [5, 5.41) is 5.61. The van der Waals surface area contributed by atoms with E-state index in [9.17, 15) is 9.59 Å². The number of nitrogens with one attached hydrogen (secondary N) is 2. The lowest BCUT2D eigenvalue weighted by molar-refractivity contribution is -0.124. The largest absolute Gasteiger partial charge is 0.388 e. The Kier molecular flexibility index (Phi) is 3.85. The number of carbonyl (C=O) groups excluding carboxylic acids is 2. The summed E-state index contributed by atoms with van der Waals surface area (Å²) in [6.45, 7) is 1.39. The Morgan fingerprint density at radius 3 is 2.53 bits per heavy atom. The van der Waals surface area contributed by atoms with Gasteiger partial charge in [0.2, 0.25) is 5.91 Å². The molecule has 1 aromatic rings. The summed E-state index contributed by atoms with van der Waals surface area (Å²) < 4.78 is 0. The Balaban J connectivity index is 2.63. The second kappa shape index (κ2) is 5.14. The fraction of sp³-hybridized carbons (Fsp3) is 0.273. The normalized spacial score (nSPS) is 9.47. The molecule has 0 aliphatic rings. The van der Waals surface area contributed by atoms with Crippen LogP contribution in [0.1, 0.15) is 13.3 Å². The van der Waals surface area contributed by atoms with E-state index in [4.69, 9.17) is 0 Å². The van der Waals surface area contributed by atoms with Crippen molar-refractivity contribution in [1.82, 2.24) is 0 Å². The van der Waals surface area contributed by atoms with Crippen LogP contribution in [-0.4, -0.2) is 18.7 Å². The molecule has 0 aliphatic carbocycles. The van der Waals surface area contributed by atoms with E-state index in [0.29, 0.717) is 5.69 Å². The number of hydrogen-bond donors (Lipinski definition) is 2. The molecule has 0 bridgehead atoms. The number of carbonyl (C=O) groups is 2.